The lowest BCUT2D eigenvalue weighted by Gasteiger charge is -2.07. The second-order valence-electron chi connectivity index (χ2n) is 4.08. The lowest BCUT2D eigenvalue weighted by molar-refractivity contribution is 0.0926. The normalized spacial score (nSPS) is 11.5. The van der Waals surface area contributed by atoms with Crippen LogP contribution in [0.1, 0.15) is 29.5 Å². The number of halogens is 3. The average Bonchev–Trinajstić information content (AvgIpc) is 2.87. The standard InChI is InChI=1S/C14H11BrCl2N2O2/c1-2-11(9-4-3-8(16)7-10(9)17)18-19-14(20)12-5-6-13(15)21-12/h3-7H,2H2,1H3,(H,19,20)/b18-11+. The number of benzene rings is 1. The fourth-order valence-corrected chi connectivity index (χ4v) is 2.49. The first-order valence-corrected chi connectivity index (χ1v) is 7.63. The van der Waals surface area contributed by atoms with E-state index >= 15 is 0 Å². The summed E-state index contributed by atoms with van der Waals surface area (Å²) in [7, 11) is 0. The molecule has 1 amide bonds. The molecular formula is C14H11BrCl2N2O2. The first kappa shape index (κ1) is 16.1. The Labute approximate surface area is 140 Å². The van der Waals surface area contributed by atoms with E-state index in [9.17, 15) is 4.79 Å². The highest BCUT2D eigenvalue weighted by molar-refractivity contribution is 9.10. The second-order valence-corrected chi connectivity index (χ2v) is 5.71. The summed E-state index contributed by atoms with van der Waals surface area (Å²) in [5.74, 6) is -0.264. The molecule has 0 saturated heterocycles. The van der Waals surface area contributed by atoms with E-state index in [0.717, 1.165) is 5.56 Å². The first-order chi connectivity index (χ1) is 10.0. The van der Waals surface area contributed by atoms with E-state index in [1.54, 1.807) is 30.3 Å². The molecule has 110 valence electrons. The van der Waals surface area contributed by atoms with Gasteiger partial charge in [0.25, 0.3) is 0 Å². The highest BCUT2D eigenvalue weighted by Crippen LogP contribution is 2.22. The van der Waals surface area contributed by atoms with Crippen molar-refractivity contribution in [3.63, 3.8) is 0 Å². The molecule has 0 fully saturated rings. The predicted octanol–water partition coefficient (Wildman–Crippen LogP) is 4.89. The van der Waals surface area contributed by atoms with Crippen molar-refractivity contribution in [1.29, 1.82) is 0 Å². The number of hydrazone groups is 1. The van der Waals surface area contributed by atoms with Crippen molar-refractivity contribution < 1.29 is 9.21 Å². The number of furan rings is 1. The number of hydrogen-bond donors (Lipinski definition) is 1. The van der Waals surface area contributed by atoms with Crippen LogP contribution in [0.4, 0.5) is 0 Å². The van der Waals surface area contributed by atoms with Gasteiger partial charge in [-0.1, -0.05) is 36.2 Å². The minimum atomic E-state index is -0.434. The van der Waals surface area contributed by atoms with E-state index in [-0.39, 0.29) is 5.76 Å². The van der Waals surface area contributed by atoms with Gasteiger partial charge in [0.1, 0.15) is 0 Å². The van der Waals surface area contributed by atoms with Crippen molar-refractivity contribution in [2.24, 2.45) is 5.10 Å². The number of hydrogen-bond acceptors (Lipinski definition) is 3. The Bertz CT molecular complexity index is 698. The number of carbonyl (C=O) groups excluding carboxylic acids is 1. The molecule has 0 spiro atoms. The lowest BCUT2D eigenvalue weighted by Crippen LogP contribution is -2.19. The zero-order valence-corrected chi connectivity index (χ0v) is 14.1. The van der Waals surface area contributed by atoms with Crippen LogP contribution in [0.25, 0.3) is 0 Å². The Morgan fingerprint density at radius 3 is 2.67 bits per heavy atom. The van der Waals surface area contributed by atoms with Crippen LogP contribution >= 0.6 is 39.1 Å². The van der Waals surface area contributed by atoms with Crippen LogP contribution in [0.15, 0.2) is 44.5 Å². The molecule has 0 aliphatic rings. The van der Waals surface area contributed by atoms with Crippen molar-refractivity contribution in [2.45, 2.75) is 13.3 Å². The molecule has 0 radical (unpaired) electrons. The largest absolute Gasteiger partial charge is 0.444 e. The maximum atomic E-state index is 11.9. The Hall–Kier alpha value is -1.30. The summed E-state index contributed by atoms with van der Waals surface area (Å²) in [5.41, 5.74) is 3.82. The molecule has 1 heterocycles. The summed E-state index contributed by atoms with van der Waals surface area (Å²) in [6.45, 7) is 1.92. The van der Waals surface area contributed by atoms with Crippen molar-refractivity contribution in [2.75, 3.05) is 0 Å². The smallest absolute Gasteiger partial charge is 0.307 e. The van der Waals surface area contributed by atoms with Gasteiger partial charge in [0.15, 0.2) is 10.4 Å². The molecule has 2 rings (SSSR count). The maximum Gasteiger partial charge on any atom is 0.307 e. The van der Waals surface area contributed by atoms with E-state index in [1.165, 1.54) is 0 Å². The summed E-state index contributed by atoms with van der Waals surface area (Å²) in [6.07, 6.45) is 0.601. The lowest BCUT2D eigenvalue weighted by atomic mass is 10.1. The highest BCUT2D eigenvalue weighted by atomic mass is 79.9. The number of nitrogens with zero attached hydrogens (tertiary/aromatic N) is 1. The van der Waals surface area contributed by atoms with Gasteiger partial charge in [0.05, 0.1) is 10.7 Å². The van der Waals surface area contributed by atoms with Crippen LogP contribution in [0, 0.1) is 0 Å². The van der Waals surface area contributed by atoms with Crippen LogP contribution < -0.4 is 5.43 Å². The van der Waals surface area contributed by atoms with Gasteiger partial charge in [-0.3, -0.25) is 4.79 Å². The zero-order valence-electron chi connectivity index (χ0n) is 11.0. The summed E-state index contributed by atoms with van der Waals surface area (Å²) in [5, 5.41) is 5.13. The minimum absolute atomic E-state index is 0.170. The molecule has 1 N–H and O–H groups in total. The Balaban J connectivity index is 2.19. The highest BCUT2D eigenvalue weighted by Gasteiger charge is 2.11. The maximum absolute atomic E-state index is 11.9. The van der Waals surface area contributed by atoms with E-state index in [0.29, 0.717) is 26.8 Å². The van der Waals surface area contributed by atoms with E-state index in [4.69, 9.17) is 27.6 Å². The third-order valence-corrected chi connectivity index (χ3v) is 3.64. The third-order valence-electron chi connectivity index (χ3n) is 2.67. The topological polar surface area (TPSA) is 54.6 Å². The van der Waals surface area contributed by atoms with Crippen LogP contribution in [-0.2, 0) is 0 Å². The monoisotopic (exact) mass is 388 g/mol. The minimum Gasteiger partial charge on any atom is -0.444 e. The summed E-state index contributed by atoms with van der Waals surface area (Å²) < 4.78 is 5.63. The number of carbonyl (C=O) groups is 1. The quantitative estimate of drug-likeness (QED) is 0.597. The molecule has 21 heavy (non-hydrogen) atoms. The summed E-state index contributed by atoms with van der Waals surface area (Å²) in [4.78, 5) is 11.9. The van der Waals surface area contributed by atoms with Crippen molar-refractivity contribution in [3.8, 4) is 0 Å². The van der Waals surface area contributed by atoms with Crippen LogP contribution in [0.3, 0.4) is 0 Å². The Morgan fingerprint density at radius 2 is 2.10 bits per heavy atom. The zero-order chi connectivity index (χ0) is 15.4. The second kappa shape index (κ2) is 7.11. The molecule has 1 aromatic heterocycles. The van der Waals surface area contributed by atoms with Crippen molar-refractivity contribution in [3.05, 3.63) is 56.4 Å². The van der Waals surface area contributed by atoms with Crippen molar-refractivity contribution >= 4 is 50.8 Å². The van der Waals surface area contributed by atoms with Crippen LogP contribution in [-0.4, -0.2) is 11.6 Å². The fourth-order valence-electron chi connectivity index (χ4n) is 1.66. The Morgan fingerprint density at radius 1 is 1.33 bits per heavy atom. The van der Waals surface area contributed by atoms with Gasteiger partial charge >= 0.3 is 5.91 Å². The van der Waals surface area contributed by atoms with E-state index in [1.807, 2.05) is 6.92 Å². The molecule has 0 bridgehead atoms. The third kappa shape index (κ3) is 4.09. The summed E-state index contributed by atoms with van der Waals surface area (Å²) >= 11 is 15.1. The fraction of sp³-hybridized carbons (Fsp3) is 0.143. The molecule has 0 aliphatic heterocycles. The van der Waals surface area contributed by atoms with Gasteiger partial charge in [-0.15, -0.1) is 0 Å². The molecule has 4 nitrogen and oxygen atoms in total. The Kier molecular flexibility index (Phi) is 5.45. The number of nitrogens with one attached hydrogen (secondary N) is 1. The molecule has 2 aromatic rings. The molecule has 0 atom stereocenters. The van der Waals surface area contributed by atoms with E-state index < -0.39 is 5.91 Å². The van der Waals surface area contributed by atoms with E-state index in [2.05, 4.69) is 26.5 Å². The SMILES string of the molecule is CC/C(=N\NC(=O)c1ccc(Br)o1)c1ccc(Cl)cc1Cl. The van der Waals surface area contributed by atoms with Crippen LogP contribution in [0.2, 0.25) is 10.0 Å². The molecule has 0 unspecified atom stereocenters. The predicted molar refractivity (Wildman–Crippen MR) is 87.2 cm³/mol. The number of amides is 1. The molecule has 1 aromatic carbocycles. The van der Waals surface area contributed by atoms with Crippen LogP contribution in [0.5, 0.6) is 0 Å². The molecular weight excluding hydrogens is 379 g/mol. The number of rotatable bonds is 4. The molecule has 0 aliphatic carbocycles. The van der Waals surface area contributed by atoms with Gasteiger partial charge in [0, 0.05) is 10.6 Å². The first-order valence-electron chi connectivity index (χ1n) is 6.09. The van der Waals surface area contributed by atoms with Gasteiger partial charge in [-0.25, -0.2) is 5.43 Å². The van der Waals surface area contributed by atoms with Gasteiger partial charge < -0.3 is 4.42 Å². The van der Waals surface area contributed by atoms with Crippen molar-refractivity contribution in [1.82, 2.24) is 5.43 Å². The van der Waals surface area contributed by atoms with Gasteiger partial charge in [-0.2, -0.15) is 5.10 Å². The summed E-state index contributed by atoms with van der Waals surface area (Å²) in [6, 6.07) is 8.31. The van der Waals surface area contributed by atoms with Gasteiger partial charge in [-0.05, 0) is 46.6 Å². The molecule has 7 heteroatoms. The molecule has 0 saturated carbocycles. The average molecular weight is 390 g/mol. The van der Waals surface area contributed by atoms with Gasteiger partial charge in [0.2, 0.25) is 0 Å².